The average Bonchev–Trinajstić information content (AvgIpc) is 2.41. The van der Waals surface area contributed by atoms with Crippen molar-refractivity contribution in [3.8, 4) is 0 Å². The van der Waals surface area contributed by atoms with Crippen LogP contribution in [-0.2, 0) is 0 Å². The van der Waals surface area contributed by atoms with Crippen LogP contribution in [0.1, 0.15) is 90.4 Å². The molecule has 0 rings (SSSR count). The third-order valence-corrected chi connectivity index (χ3v) is 4.12. The molecule has 0 heterocycles. The number of nitrogens with two attached hydrogens (primary N) is 2. The van der Waals surface area contributed by atoms with Crippen molar-refractivity contribution in [1.82, 2.24) is 0 Å². The third-order valence-electron chi connectivity index (χ3n) is 4.12. The Morgan fingerprint density at radius 3 is 1.42 bits per heavy atom. The quantitative estimate of drug-likeness (QED) is 0.427. The summed E-state index contributed by atoms with van der Waals surface area (Å²) in [5.41, 5.74) is 11.3. The van der Waals surface area contributed by atoms with E-state index in [9.17, 15) is 0 Å². The van der Waals surface area contributed by atoms with Gasteiger partial charge in [-0.3, -0.25) is 0 Å². The molecular weight excluding hydrogens is 232 g/mol. The van der Waals surface area contributed by atoms with E-state index in [-0.39, 0.29) is 0 Å². The highest BCUT2D eigenvalue weighted by Crippen LogP contribution is 2.17. The van der Waals surface area contributed by atoms with E-state index in [4.69, 9.17) is 11.5 Å². The molecule has 0 radical (unpaired) electrons. The minimum Gasteiger partial charge on any atom is -0.330 e. The maximum Gasteiger partial charge on any atom is -0.00746 e. The van der Waals surface area contributed by atoms with Crippen LogP contribution in [0.25, 0.3) is 0 Å². The molecule has 2 heteroatoms. The molecule has 19 heavy (non-hydrogen) atoms. The summed E-state index contributed by atoms with van der Waals surface area (Å²) in [4.78, 5) is 0. The van der Waals surface area contributed by atoms with Gasteiger partial charge in [-0.2, -0.15) is 0 Å². The van der Waals surface area contributed by atoms with Crippen LogP contribution in [0, 0.1) is 5.92 Å². The molecule has 0 atom stereocenters. The molecule has 0 bridgehead atoms. The highest BCUT2D eigenvalue weighted by Gasteiger charge is 2.06. The Balaban J connectivity index is 3.20. The zero-order valence-electron chi connectivity index (χ0n) is 13.3. The Morgan fingerprint density at radius 2 is 1.00 bits per heavy atom. The van der Waals surface area contributed by atoms with Crippen LogP contribution in [0.15, 0.2) is 0 Å². The van der Waals surface area contributed by atoms with Crippen LogP contribution in [0.4, 0.5) is 0 Å². The largest absolute Gasteiger partial charge is 0.330 e. The van der Waals surface area contributed by atoms with Crippen molar-refractivity contribution in [2.24, 2.45) is 17.4 Å². The van der Waals surface area contributed by atoms with Crippen molar-refractivity contribution < 1.29 is 0 Å². The predicted octanol–water partition coefficient (Wildman–Crippen LogP) is 4.61. The number of rotatable bonds is 15. The first kappa shape index (κ1) is 18.9. The smallest absolute Gasteiger partial charge is 0.00746 e. The topological polar surface area (TPSA) is 52.0 Å². The second kappa shape index (κ2) is 16.0. The lowest BCUT2D eigenvalue weighted by Crippen LogP contribution is -2.13. The summed E-state index contributed by atoms with van der Waals surface area (Å²) in [6, 6.07) is 0. The first-order valence-electron chi connectivity index (χ1n) is 8.75. The molecule has 0 aliphatic carbocycles. The van der Waals surface area contributed by atoms with Crippen LogP contribution < -0.4 is 11.5 Å². The molecule has 0 aromatic carbocycles. The normalized spacial score (nSPS) is 11.4. The number of unbranched alkanes of at least 4 members (excludes halogenated alkanes) is 9. The van der Waals surface area contributed by atoms with Gasteiger partial charge in [0.15, 0.2) is 0 Å². The van der Waals surface area contributed by atoms with E-state index in [0.29, 0.717) is 0 Å². The van der Waals surface area contributed by atoms with Gasteiger partial charge in [-0.05, 0) is 31.8 Å². The molecule has 116 valence electrons. The van der Waals surface area contributed by atoms with Crippen LogP contribution in [0.2, 0.25) is 0 Å². The molecule has 0 amide bonds. The van der Waals surface area contributed by atoms with Crippen LogP contribution in [-0.4, -0.2) is 13.1 Å². The molecule has 0 spiro atoms. The molecule has 2 nitrogen and oxygen atoms in total. The Labute approximate surface area is 121 Å². The zero-order chi connectivity index (χ0) is 14.2. The van der Waals surface area contributed by atoms with Gasteiger partial charge >= 0.3 is 0 Å². The SMILES string of the molecule is CCCCCCCCCCCCC(CCN)CCN. The molecule has 0 aliphatic rings. The fraction of sp³-hybridized carbons (Fsp3) is 1.00. The maximum absolute atomic E-state index is 5.64. The van der Waals surface area contributed by atoms with Gasteiger partial charge in [-0.25, -0.2) is 0 Å². The van der Waals surface area contributed by atoms with Crippen molar-refractivity contribution in [2.45, 2.75) is 90.4 Å². The van der Waals surface area contributed by atoms with Crippen LogP contribution in [0.5, 0.6) is 0 Å². The van der Waals surface area contributed by atoms with Gasteiger partial charge in [-0.15, -0.1) is 0 Å². The predicted molar refractivity (Wildman–Crippen MR) is 87.3 cm³/mol. The van der Waals surface area contributed by atoms with Crippen LogP contribution in [0.3, 0.4) is 0 Å². The van der Waals surface area contributed by atoms with Crippen molar-refractivity contribution in [1.29, 1.82) is 0 Å². The first-order valence-corrected chi connectivity index (χ1v) is 8.75. The van der Waals surface area contributed by atoms with E-state index >= 15 is 0 Å². The zero-order valence-corrected chi connectivity index (χ0v) is 13.3. The Hall–Kier alpha value is -0.0800. The molecule has 0 aromatic heterocycles. The number of hydrogen-bond donors (Lipinski definition) is 2. The van der Waals surface area contributed by atoms with E-state index in [1.807, 2.05) is 0 Å². The van der Waals surface area contributed by atoms with Gasteiger partial charge in [0, 0.05) is 0 Å². The summed E-state index contributed by atoms with van der Waals surface area (Å²) in [5.74, 6) is 0.782. The molecule has 0 unspecified atom stereocenters. The second-order valence-electron chi connectivity index (χ2n) is 5.99. The Morgan fingerprint density at radius 1 is 0.579 bits per heavy atom. The second-order valence-corrected chi connectivity index (χ2v) is 5.99. The Kier molecular flexibility index (Phi) is 15.9. The molecular formula is C17H38N2. The monoisotopic (exact) mass is 270 g/mol. The average molecular weight is 271 g/mol. The van der Waals surface area contributed by atoms with E-state index in [2.05, 4.69) is 6.92 Å². The van der Waals surface area contributed by atoms with E-state index in [0.717, 1.165) is 31.8 Å². The highest BCUT2D eigenvalue weighted by molar-refractivity contribution is 4.61. The van der Waals surface area contributed by atoms with Crippen LogP contribution >= 0.6 is 0 Å². The summed E-state index contributed by atoms with van der Waals surface area (Å²) in [5, 5.41) is 0. The Bertz CT molecular complexity index is 153. The van der Waals surface area contributed by atoms with Gasteiger partial charge < -0.3 is 11.5 Å². The third kappa shape index (κ3) is 14.1. The minimum atomic E-state index is 0.782. The van der Waals surface area contributed by atoms with Gasteiger partial charge in [0.2, 0.25) is 0 Å². The summed E-state index contributed by atoms with van der Waals surface area (Å²) in [6.07, 6.45) is 17.9. The highest BCUT2D eigenvalue weighted by atomic mass is 14.5. The maximum atomic E-state index is 5.64. The van der Waals surface area contributed by atoms with E-state index < -0.39 is 0 Å². The van der Waals surface area contributed by atoms with Gasteiger partial charge in [0.05, 0.1) is 0 Å². The first-order chi connectivity index (χ1) is 9.35. The minimum absolute atomic E-state index is 0.782. The summed E-state index contributed by atoms with van der Waals surface area (Å²) >= 11 is 0. The molecule has 4 N–H and O–H groups in total. The molecule has 0 saturated carbocycles. The van der Waals surface area contributed by atoms with Crippen molar-refractivity contribution in [3.63, 3.8) is 0 Å². The van der Waals surface area contributed by atoms with Crippen molar-refractivity contribution in [3.05, 3.63) is 0 Å². The molecule has 0 aromatic rings. The summed E-state index contributed by atoms with van der Waals surface area (Å²) in [7, 11) is 0. The fourth-order valence-electron chi connectivity index (χ4n) is 2.82. The molecule has 0 saturated heterocycles. The van der Waals surface area contributed by atoms with Gasteiger partial charge in [0.1, 0.15) is 0 Å². The number of hydrogen-bond acceptors (Lipinski definition) is 2. The standard InChI is InChI=1S/C17H38N2/c1-2-3-4-5-6-7-8-9-10-11-12-17(13-15-18)14-16-19/h17H,2-16,18-19H2,1H3. The lowest BCUT2D eigenvalue weighted by atomic mass is 9.94. The van der Waals surface area contributed by atoms with Crippen molar-refractivity contribution >= 4 is 0 Å². The molecule has 0 aliphatic heterocycles. The fourth-order valence-corrected chi connectivity index (χ4v) is 2.82. The van der Waals surface area contributed by atoms with E-state index in [1.165, 1.54) is 70.6 Å². The summed E-state index contributed by atoms with van der Waals surface area (Å²) in [6.45, 7) is 3.92. The van der Waals surface area contributed by atoms with E-state index in [1.54, 1.807) is 0 Å². The summed E-state index contributed by atoms with van der Waals surface area (Å²) < 4.78 is 0. The van der Waals surface area contributed by atoms with Gasteiger partial charge in [-0.1, -0.05) is 77.6 Å². The lowest BCUT2D eigenvalue weighted by molar-refractivity contribution is 0.407. The molecule has 0 fully saturated rings. The van der Waals surface area contributed by atoms with Crippen molar-refractivity contribution in [2.75, 3.05) is 13.1 Å². The van der Waals surface area contributed by atoms with Gasteiger partial charge in [0.25, 0.3) is 0 Å². The lowest BCUT2D eigenvalue weighted by Gasteiger charge is -2.14.